The second-order valence-corrected chi connectivity index (χ2v) is 7.37. The van der Waals surface area contributed by atoms with Crippen molar-refractivity contribution in [2.45, 2.75) is 24.7 Å². The SMILES string of the molecule is CNCC1CCN(S(=O)(=O)c2cccc(C)c2C#N)CC1. The number of nitriles is 1. The lowest BCUT2D eigenvalue weighted by molar-refractivity contribution is 0.270. The van der Waals surface area contributed by atoms with Crippen LogP contribution in [0.3, 0.4) is 0 Å². The molecule has 1 heterocycles. The van der Waals surface area contributed by atoms with Crippen LogP contribution in [0.1, 0.15) is 24.0 Å². The molecule has 1 saturated heterocycles. The molecule has 1 aromatic rings. The maximum atomic E-state index is 12.7. The topological polar surface area (TPSA) is 73.2 Å². The van der Waals surface area contributed by atoms with E-state index < -0.39 is 10.0 Å². The molecule has 6 heteroatoms. The van der Waals surface area contributed by atoms with Gasteiger partial charge in [-0.2, -0.15) is 9.57 Å². The number of nitrogens with one attached hydrogen (secondary N) is 1. The van der Waals surface area contributed by atoms with E-state index in [0.29, 0.717) is 24.6 Å². The number of sulfonamides is 1. The van der Waals surface area contributed by atoms with Crippen molar-refractivity contribution in [3.63, 3.8) is 0 Å². The smallest absolute Gasteiger partial charge is 0.244 e. The highest BCUT2D eigenvalue weighted by Gasteiger charge is 2.31. The molecule has 21 heavy (non-hydrogen) atoms. The average Bonchev–Trinajstić information content (AvgIpc) is 2.48. The Kier molecular flexibility index (Phi) is 4.99. The van der Waals surface area contributed by atoms with Gasteiger partial charge in [0.2, 0.25) is 10.0 Å². The molecule has 0 unspecified atom stereocenters. The first-order valence-corrected chi connectivity index (χ1v) is 8.59. The summed E-state index contributed by atoms with van der Waals surface area (Å²) < 4.78 is 27.0. The van der Waals surface area contributed by atoms with Crippen molar-refractivity contribution < 1.29 is 8.42 Å². The number of benzene rings is 1. The number of hydrogen-bond donors (Lipinski definition) is 1. The summed E-state index contributed by atoms with van der Waals surface area (Å²) in [5.41, 5.74) is 0.957. The fraction of sp³-hybridized carbons (Fsp3) is 0.533. The van der Waals surface area contributed by atoms with Gasteiger partial charge in [-0.3, -0.25) is 0 Å². The van der Waals surface area contributed by atoms with Crippen molar-refractivity contribution in [1.29, 1.82) is 5.26 Å². The maximum Gasteiger partial charge on any atom is 0.244 e. The Morgan fingerprint density at radius 1 is 1.38 bits per heavy atom. The van der Waals surface area contributed by atoms with E-state index in [1.807, 2.05) is 13.1 Å². The van der Waals surface area contributed by atoms with Crippen LogP contribution in [-0.2, 0) is 10.0 Å². The zero-order valence-corrected chi connectivity index (χ0v) is 13.3. The van der Waals surface area contributed by atoms with Crippen LogP contribution in [-0.4, -0.2) is 39.4 Å². The average molecular weight is 307 g/mol. The van der Waals surface area contributed by atoms with Crippen LogP contribution in [0.5, 0.6) is 0 Å². The molecule has 0 aliphatic carbocycles. The molecule has 0 atom stereocenters. The third-order valence-corrected chi connectivity index (χ3v) is 5.97. The predicted octanol–water partition coefficient (Wildman–Crippen LogP) is 1.49. The lowest BCUT2D eigenvalue weighted by Gasteiger charge is -2.31. The Hall–Kier alpha value is -1.42. The molecular formula is C15H21N3O2S. The van der Waals surface area contributed by atoms with E-state index in [4.69, 9.17) is 0 Å². The molecule has 1 N–H and O–H groups in total. The van der Waals surface area contributed by atoms with Gasteiger partial charge in [0.1, 0.15) is 11.0 Å². The molecule has 0 aromatic heterocycles. The monoisotopic (exact) mass is 307 g/mol. The summed E-state index contributed by atoms with van der Waals surface area (Å²) in [4.78, 5) is 0.136. The molecule has 0 bridgehead atoms. The Labute approximate surface area is 126 Å². The third-order valence-electron chi connectivity index (χ3n) is 4.03. The summed E-state index contributed by atoms with van der Waals surface area (Å²) in [6.45, 7) is 3.72. The van der Waals surface area contributed by atoms with Gasteiger partial charge in [0.25, 0.3) is 0 Å². The number of aryl methyl sites for hydroxylation is 1. The fourth-order valence-electron chi connectivity index (χ4n) is 2.78. The van der Waals surface area contributed by atoms with Crippen LogP contribution in [0.4, 0.5) is 0 Å². The minimum atomic E-state index is -3.58. The van der Waals surface area contributed by atoms with E-state index in [1.165, 1.54) is 10.4 Å². The van der Waals surface area contributed by atoms with Gasteiger partial charge in [-0.15, -0.1) is 0 Å². The summed E-state index contributed by atoms with van der Waals surface area (Å²) in [6.07, 6.45) is 1.71. The second kappa shape index (κ2) is 6.56. The minimum Gasteiger partial charge on any atom is -0.319 e. The van der Waals surface area contributed by atoms with Crippen LogP contribution >= 0.6 is 0 Å². The first-order chi connectivity index (χ1) is 10.0. The van der Waals surface area contributed by atoms with Crippen molar-refractivity contribution in [2.75, 3.05) is 26.7 Å². The summed E-state index contributed by atoms with van der Waals surface area (Å²) in [5, 5.41) is 12.4. The van der Waals surface area contributed by atoms with Gasteiger partial charge in [-0.1, -0.05) is 12.1 Å². The Bertz CT molecular complexity index is 641. The third kappa shape index (κ3) is 3.26. The second-order valence-electron chi connectivity index (χ2n) is 5.46. The summed E-state index contributed by atoms with van der Waals surface area (Å²) in [6, 6.07) is 7.00. The van der Waals surface area contributed by atoms with E-state index in [2.05, 4.69) is 5.32 Å². The summed E-state index contributed by atoms with van der Waals surface area (Å²) >= 11 is 0. The first-order valence-electron chi connectivity index (χ1n) is 7.15. The van der Waals surface area contributed by atoms with Gasteiger partial charge < -0.3 is 5.32 Å². The number of nitrogens with zero attached hydrogens (tertiary/aromatic N) is 2. The largest absolute Gasteiger partial charge is 0.319 e. The zero-order valence-electron chi connectivity index (χ0n) is 12.5. The lowest BCUT2D eigenvalue weighted by Crippen LogP contribution is -2.40. The molecule has 0 radical (unpaired) electrons. The first kappa shape index (κ1) is 16.0. The van der Waals surface area contributed by atoms with Crippen LogP contribution in [0.2, 0.25) is 0 Å². The van der Waals surface area contributed by atoms with Gasteiger partial charge in [-0.05, 0) is 50.9 Å². The maximum absolute atomic E-state index is 12.7. The quantitative estimate of drug-likeness (QED) is 0.914. The highest BCUT2D eigenvalue weighted by molar-refractivity contribution is 7.89. The van der Waals surface area contributed by atoms with E-state index >= 15 is 0 Å². The number of hydrogen-bond acceptors (Lipinski definition) is 4. The lowest BCUT2D eigenvalue weighted by atomic mass is 9.98. The van der Waals surface area contributed by atoms with Crippen LogP contribution < -0.4 is 5.32 Å². The number of rotatable bonds is 4. The van der Waals surface area contributed by atoms with Gasteiger partial charge in [0.15, 0.2) is 0 Å². The molecule has 1 aliphatic heterocycles. The molecule has 1 fully saturated rings. The molecule has 1 aliphatic rings. The molecule has 0 spiro atoms. The molecule has 0 saturated carbocycles. The summed E-state index contributed by atoms with van der Waals surface area (Å²) in [7, 11) is -1.66. The number of piperidine rings is 1. The van der Waals surface area contributed by atoms with Crippen molar-refractivity contribution in [3.05, 3.63) is 29.3 Å². The summed E-state index contributed by atoms with van der Waals surface area (Å²) in [5.74, 6) is 0.523. The van der Waals surface area contributed by atoms with Crippen LogP contribution in [0.15, 0.2) is 23.1 Å². The highest BCUT2D eigenvalue weighted by atomic mass is 32.2. The van der Waals surface area contributed by atoms with Crippen molar-refractivity contribution in [2.24, 2.45) is 5.92 Å². The Morgan fingerprint density at radius 2 is 2.05 bits per heavy atom. The highest BCUT2D eigenvalue weighted by Crippen LogP contribution is 2.26. The van der Waals surface area contributed by atoms with E-state index in [0.717, 1.165) is 19.4 Å². The van der Waals surface area contributed by atoms with Crippen molar-refractivity contribution in [1.82, 2.24) is 9.62 Å². The standard InChI is InChI=1S/C15H21N3O2S/c1-12-4-3-5-15(14(12)10-16)21(19,20)18-8-6-13(7-9-18)11-17-2/h3-5,13,17H,6-9,11H2,1-2H3. The van der Waals surface area contributed by atoms with E-state index in [9.17, 15) is 13.7 Å². The molecule has 0 amide bonds. The normalized spacial score (nSPS) is 17.6. The van der Waals surface area contributed by atoms with Gasteiger partial charge in [-0.25, -0.2) is 8.42 Å². The van der Waals surface area contributed by atoms with E-state index in [1.54, 1.807) is 19.1 Å². The van der Waals surface area contributed by atoms with Gasteiger partial charge in [0.05, 0.1) is 5.56 Å². The van der Waals surface area contributed by atoms with Crippen LogP contribution in [0, 0.1) is 24.2 Å². The molecule has 2 rings (SSSR count). The van der Waals surface area contributed by atoms with Gasteiger partial charge >= 0.3 is 0 Å². The molecule has 114 valence electrons. The Balaban J connectivity index is 2.25. The predicted molar refractivity (Wildman–Crippen MR) is 81.3 cm³/mol. The zero-order chi connectivity index (χ0) is 15.5. The van der Waals surface area contributed by atoms with E-state index in [-0.39, 0.29) is 10.5 Å². The molecule has 1 aromatic carbocycles. The Morgan fingerprint density at radius 3 is 2.62 bits per heavy atom. The fourth-order valence-corrected chi connectivity index (χ4v) is 4.47. The van der Waals surface area contributed by atoms with Gasteiger partial charge in [0, 0.05) is 13.1 Å². The van der Waals surface area contributed by atoms with Crippen LogP contribution in [0.25, 0.3) is 0 Å². The minimum absolute atomic E-state index is 0.136. The van der Waals surface area contributed by atoms with Crippen molar-refractivity contribution >= 4 is 10.0 Å². The molecular weight excluding hydrogens is 286 g/mol. The molecule has 5 nitrogen and oxygen atoms in total. The van der Waals surface area contributed by atoms with Crippen molar-refractivity contribution in [3.8, 4) is 6.07 Å².